The first-order valence-corrected chi connectivity index (χ1v) is 10.1. The Morgan fingerprint density at radius 2 is 1.45 bits per heavy atom. The number of para-hydroxylation sites is 1. The minimum atomic E-state index is -0.0313. The van der Waals surface area contributed by atoms with Crippen LogP contribution in [0.1, 0.15) is 27.0 Å². The number of aromatic nitrogens is 2. The molecular weight excluding hydrogens is 386 g/mol. The van der Waals surface area contributed by atoms with Gasteiger partial charge in [-0.3, -0.25) is 14.8 Å². The van der Waals surface area contributed by atoms with E-state index in [9.17, 15) is 4.79 Å². The summed E-state index contributed by atoms with van der Waals surface area (Å²) in [6.45, 7) is 1.43. The zero-order valence-corrected chi connectivity index (χ0v) is 17.1. The summed E-state index contributed by atoms with van der Waals surface area (Å²) >= 11 is 0. The zero-order valence-electron chi connectivity index (χ0n) is 17.1. The van der Waals surface area contributed by atoms with Gasteiger partial charge in [0.1, 0.15) is 12.4 Å². The molecule has 2 heterocycles. The second-order valence-corrected chi connectivity index (χ2v) is 7.18. The smallest absolute Gasteiger partial charge is 0.254 e. The van der Waals surface area contributed by atoms with Gasteiger partial charge in [0.05, 0.1) is 0 Å². The van der Waals surface area contributed by atoms with Gasteiger partial charge in [0.2, 0.25) is 0 Å². The number of hydrogen-bond acceptors (Lipinski definition) is 4. The maximum atomic E-state index is 13.3. The van der Waals surface area contributed by atoms with Gasteiger partial charge in [-0.25, -0.2) is 0 Å². The van der Waals surface area contributed by atoms with Gasteiger partial charge in [-0.1, -0.05) is 36.4 Å². The molecular formula is C26H23N3O2. The average molecular weight is 409 g/mol. The fourth-order valence-electron chi connectivity index (χ4n) is 3.23. The van der Waals surface area contributed by atoms with Gasteiger partial charge in [-0.2, -0.15) is 0 Å². The van der Waals surface area contributed by atoms with Crippen LogP contribution in [-0.2, 0) is 19.7 Å². The summed E-state index contributed by atoms with van der Waals surface area (Å²) in [5.74, 6) is 0.791. The maximum Gasteiger partial charge on any atom is 0.254 e. The second kappa shape index (κ2) is 10.2. The molecule has 154 valence electrons. The molecule has 0 aliphatic heterocycles. The fourth-order valence-corrected chi connectivity index (χ4v) is 3.23. The van der Waals surface area contributed by atoms with E-state index in [-0.39, 0.29) is 5.91 Å². The Labute approximate surface area is 182 Å². The van der Waals surface area contributed by atoms with Crippen molar-refractivity contribution in [2.45, 2.75) is 19.7 Å². The molecule has 0 aliphatic rings. The van der Waals surface area contributed by atoms with Crippen LogP contribution in [0.3, 0.4) is 0 Å². The largest absolute Gasteiger partial charge is 0.489 e. The molecule has 5 heteroatoms. The van der Waals surface area contributed by atoms with Gasteiger partial charge in [0.25, 0.3) is 5.91 Å². The summed E-state index contributed by atoms with van der Waals surface area (Å²) in [4.78, 5) is 23.4. The van der Waals surface area contributed by atoms with E-state index < -0.39 is 0 Å². The van der Waals surface area contributed by atoms with Crippen LogP contribution in [0, 0.1) is 0 Å². The monoisotopic (exact) mass is 409 g/mol. The lowest BCUT2D eigenvalue weighted by molar-refractivity contribution is 0.0730. The molecule has 0 aliphatic carbocycles. The minimum Gasteiger partial charge on any atom is -0.489 e. The molecule has 2 aromatic heterocycles. The van der Waals surface area contributed by atoms with Crippen LogP contribution in [0.15, 0.2) is 104 Å². The predicted molar refractivity (Wildman–Crippen MR) is 119 cm³/mol. The van der Waals surface area contributed by atoms with Crippen LogP contribution in [0.25, 0.3) is 0 Å². The number of rotatable bonds is 8. The zero-order chi connectivity index (χ0) is 21.3. The summed E-state index contributed by atoms with van der Waals surface area (Å²) in [6.07, 6.45) is 7.00. The second-order valence-electron chi connectivity index (χ2n) is 7.18. The summed E-state index contributed by atoms with van der Waals surface area (Å²) in [5.41, 5.74) is 3.66. The van der Waals surface area contributed by atoms with Crippen molar-refractivity contribution in [3.63, 3.8) is 0 Å². The van der Waals surface area contributed by atoms with Crippen LogP contribution >= 0.6 is 0 Å². The molecule has 5 nitrogen and oxygen atoms in total. The topological polar surface area (TPSA) is 55.3 Å². The van der Waals surface area contributed by atoms with Crippen molar-refractivity contribution in [3.8, 4) is 5.75 Å². The number of hydrogen-bond donors (Lipinski definition) is 0. The first-order chi connectivity index (χ1) is 15.3. The highest BCUT2D eigenvalue weighted by atomic mass is 16.5. The molecule has 0 saturated carbocycles. The summed E-state index contributed by atoms with van der Waals surface area (Å²) < 4.78 is 5.79. The SMILES string of the molecule is O=C(c1ccc(COc2ccccc2)cc1)N(Cc1ccncc1)Cc1cccnc1. The van der Waals surface area contributed by atoms with Crippen molar-refractivity contribution in [2.24, 2.45) is 0 Å². The molecule has 0 radical (unpaired) electrons. The Balaban J connectivity index is 1.47. The lowest BCUT2D eigenvalue weighted by Gasteiger charge is -2.23. The van der Waals surface area contributed by atoms with E-state index in [1.165, 1.54) is 0 Å². The van der Waals surface area contributed by atoms with Gasteiger partial charge in [0.15, 0.2) is 0 Å². The van der Waals surface area contributed by atoms with Gasteiger partial charge >= 0.3 is 0 Å². The van der Waals surface area contributed by atoms with Crippen molar-refractivity contribution in [1.29, 1.82) is 0 Å². The molecule has 2 aromatic carbocycles. The van der Waals surface area contributed by atoms with Crippen LogP contribution < -0.4 is 4.74 Å². The third kappa shape index (κ3) is 5.76. The van der Waals surface area contributed by atoms with E-state index in [0.29, 0.717) is 25.3 Å². The number of carbonyl (C=O) groups is 1. The maximum absolute atomic E-state index is 13.3. The molecule has 0 spiro atoms. The molecule has 31 heavy (non-hydrogen) atoms. The van der Waals surface area contributed by atoms with Crippen LogP contribution in [0.2, 0.25) is 0 Å². The van der Waals surface area contributed by atoms with E-state index in [2.05, 4.69) is 9.97 Å². The predicted octanol–water partition coefficient (Wildman–Crippen LogP) is 4.90. The van der Waals surface area contributed by atoms with E-state index in [1.54, 1.807) is 24.8 Å². The molecule has 0 N–H and O–H groups in total. The van der Waals surface area contributed by atoms with E-state index >= 15 is 0 Å². The Bertz CT molecular complexity index is 1040. The fraction of sp³-hybridized carbons (Fsp3) is 0.115. The number of carbonyl (C=O) groups excluding carboxylic acids is 1. The van der Waals surface area contributed by atoms with Gasteiger partial charge < -0.3 is 9.64 Å². The first kappa shape index (κ1) is 20.3. The van der Waals surface area contributed by atoms with Crippen LogP contribution in [0.5, 0.6) is 5.75 Å². The Morgan fingerprint density at radius 1 is 0.710 bits per heavy atom. The van der Waals surface area contributed by atoms with Gasteiger partial charge in [-0.15, -0.1) is 0 Å². The van der Waals surface area contributed by atoms with Crippen molar-refractivity contribution >= 4 is 5.91 Å². The third-order valence-corrected chi connectivity index (χ3v) is 4.86. The average Bonchev–Trinajstić information content (AvgIpc) is 2.84. The van der Waals surface area contributed by atoms with Crippen molar-refractivity contribution < 1.29 is 9.53 Å². The molecule has 0 fully saturated rings. The van der Waals surface area contributed by atoms with E-state index in [0.717, 1.165) is 22.4 Å². The van der Waals surface area contributed by atoms with Crippen molar-refractivity contribution in [3.05, 3.63) is 126 Å². The quantitative estimate of drug-likeness (QED) is 0.415. The van der Waals surface area contributed by atoms with E-state index in [1.807, 2.05) is 83.8 Å². The van der Waals surface area contributed by atoms with E-state index in [4.69, 9.17) is 4.74 Å². The van der Waals surface area contributed by atoms with Crippen LogP contribution in [0.4, 0.5) is 0 Å². The highest BCUT2D eigenvalue weighted by Gasteiger charge is 2.17. The number of benzene rings is 2. The Hall–Kier alpha value is -3.99. The molecule has 0 bridgehead atoms. The summed E-state index contributed by atoms with van der Waals surface area (Å²) in [7, 11) is 0. The normalized spacial score (nSPS) is 10.5. The number of amides is 1. The Kier molecular flexibility index (Phi) is 6.65. The standard InChI is InChI=1S/C26H23N3O2/c30-26(24-10-8-22(9-11-24)20-31-25-6-2-1-3-7-25)29(18-21-12-15-27-16-13-21)19-23-5-4-14-28-17-23/h1-17H,18-20H2. The highest BCUT2D eigenvalue weighted by molar-refractivity contribution is 5.94. The molecule has 4 aromatic rings. The molecule has 4 rings (SSSR count). The van der Waals surface area contributed by atoms with Crippen LogP contribution in [-0.4, -0.2) is 20.8 Å². The number of ether oxygens (including phenoxy) is 1. The minimum absolute atomic E-state index is 0.0313. The first-order valence-electron chi connectivity index (χ1n) is 10.1. The molecule has 0 atom stereocenters. The molecule has 0 unspecified atom stereocenters. The highest BCUT2D eigenvalue weighted by Crippen LogP contribution is 2.16. The van der Waals surface area contributed by atoms with Gasteiger partial charge in [-0.05, 0) is 59.2 Å². The number of nitrogens with zero attached hydrogens (tertiary/aromatic N) is 3. The summed E-state index contributed by atoms with van der Waals surface area (Å²) in [6, 6.07) is 25.0. The lowest BCUT2D eigenvalue weighted by atomic mass is 10.1. The molecule has 0 saturated heterocycles. The third-order valence-electron chi connectivity index (χ3n) is 4.86. The van der Waals surface area contributed by atoms with Crippen molar-refractivity contribution in [1.82, 2.24) is 14.9 Å². The summed E-state index contributed by atoms with van der Waals surface area (Å²) in [5, 5.41) is 0. The lowest BCUT2D eigenvalue weighted by Crippen LogP contribution is -2.30. The Morgan fingerprint density at radius 3 is 2.16 bits per heavy atom. The van der Waals surface area contributed by atoms with Gasteiger partial charge in [0, 0.05) is 43.4 Å². The molecule has 1 amide bonds. The van der Waals surface area contributed by atoms with Crippen molar-refractivity contribution in [2.75, 3.05) is 0 Å². The number of pyridine rings is 2.